The summed E-state index contributed by atoms with van der Waals surface area (Å²) in [4.78, 5) is 3.85. The first kappa shape index (κ1) is 8.49. The molecule has 1 atom stereocenters. The van der Waals surface area contributed by atoms with Crippen LogP contribution in [-0.2, 0) is 9.84 Å². The molecule has 72 valence electrons. The zero-order valence-electron chi connectivity index (χ0n) is 6.90. The smallest absolute Gasteiger partial charge is 0.218 e. The van der Waals surface area contributed by atoms with E-state index in [0.717, 1.165) is 0 Å². The molecule has 1 aromatic heterocycles. The van der Waals surface area contributed by atoms with Crippen LogP contribution in [0.4, 0.5) is 5.95 Å². The van der Waals surface area contributed by atoms with Gasteiger partial charge in [0, 0.05) is 6.04 Å². The molecule has 1 aliphatic heterocycles. The van der Waals surface area contributed by atoms with Gasteiger partial charge in [-0.05, 0) is 6.42 Å². The summed E-state index contributed by atoms with van der Waals surface area (Å²) in [6.45, 7) is 0. The van der Waals surface area contributed by atoms with Crippen LogP contribution in [0, 0.1) is 0 Å². The Morgan fingerprint density at radius 3 is 3.00 bits per heavy atom. The fourth-order valence-corrected chi connectivity index (χ4v) is 3.05. The fourth-order valence-electron chi connectivity index (χ4n) is 1.38. The van der Waals surface area contributed by atoms with Crippen molar-refractivity contribution in [2.45, 2.75) is 12.5 Å². The largest absolute Gasteiger partial charge is 0.351 e. The molecule has 2 rings (SSSR count). The third kappa shape index (κ3) is 1.97. The van der Waals surface area contributed by atoms with Crippen molar-refractivity contribution in [3.05, 3.63) is 6.33 Å². The minimum atomic E-state index is -2.82. The quantitative estimate of drug-likeness (QED) is 0.669. The predicted octanol–water partition coefficient (Wildman–Crippen LogP) is -0.596. The number of aromatic nitrogens is 3. The molecule has 0 spiro atoms. The number of hydrogen-bond donors (Lipinski definition) is 2. The molecule has 0 saturated carbocycles. The molecule has 1 fully saturated rings. The molecule has 1 aliphatic rings. The Morgan fingerprint density at radius 2 is 2.46 bits per heavy atom. The Kier molecular flexibility index (Phi) is 1.95. The predicted molar refractivity (Wildman–Crippen MR) is 47.1 cm³/mol. The summed E-state index contributed by atoms with van der Waals surface area (Å²) >= 11 is 0. The number of nitrogens with zero attached hydrogens (tertiary/aromatic N) is 2. The lowest BCUT2D eigenvalue weighted by Gasteiger charge is -2.07. The van der Waals surface area contributed by atoms with Gasteiger partial charge in [0.2, 0.25) is 5.95 Å². The van der Waals surface area contributed by atoms with Gasteiger partial charge in [0.15, 0.2) is 9.84 Å². The highest BCUT2D eigenvalue weighted by molar-refractivity contribution is 7.91. The first-order chi connectivity index (χ1) is 6.16. The lowest BCUT2D eigenvalue weighted by molar-refractivity contribution is 0.602. The van der Waals surface area contributed by atoms with Crippen molar-refractivity contribution in [2.24, 2.45) is 0 Å². The summed E-state index contributed by atoms with van der Waals surface area (Å²) in [6.07, 6.45) is 2.02. The van der Waals surface area contributed by atoms with Crippen LogP contribution in [0.2, 0.25) is 0 Å². The van der Waals surface area contributed by atoms with Crippen LogP contribution in [0.3, 0.4) is 0 Å². The van der Waals surface area contributed by atoms with Crippen molar-refractivity contribution in [3.63, 3.8) is 0 Å². The van der Waals surface area contributed by atoms with E-state index in [2.05, 4.69) is 20.5 Å². The van der Waals surface area contributed by atoms with Crippen molar-refractivity contribution in [2.75, 3.05) is 16.8 Å². The molecule has 1 saturated heterocycles. The highest BCUT2D eigenvalue weighted by Gasteiger charge is 2.27. The van der Waals surface area contributed by atoms with E-state index in [1.807, 2.05) is 0 Å². The molecule has 13 heavy (non-hydrogen) atoms. The summed E-state index contributed by atoms with van der Waals surface area (Å²) in [5, 5.41) is 9.24. The molecule has 2 N–H and O–H groups in total. The van der Waals surface area contributed by atoms with Crippen molar-refractivity contribution >= 4 is 15.8 Å². The minimum absolute atomic E-state index is 0.0297. The number of sulfone groups is 1. The molecule has 2 heterocycles. The van der Waals surface area contributed by atoms with Crippen LogP contribution in [0.15, 0.2) is 6.33 Å². The first-order valence-corrected chi connectivity index (χ1v) is 5.80. The third-order valence-electron chi connectivity index (χ3n) is 1.99. The lowest BCUT2D eigenvalue weighted by atomic mass is 10.3. The standard InChI is InChI=1S/C6H10N4O2S/c11-13(12)2-1-5(3-13)9-6-7-4-8-10-6/h4-5H,1-3H2,(H2,7,8,9,10). The highest BCUT2D eigenvalue weighted by atomic mass is 32.2. The summed E-state index contributed by atoms with van der Waals surface area (Å²) in [5.74, 6) is 0.981. The van der Waals surface area contributed by atoms with E-state index in [9.17, 15) is 8.42 Å². The van der Waals surface area contributed by atoms with Gasteiger partial charge >= 0.3 is 0 Å². The molecule has 0 bridgehead atoms. The van der Waals surface area contributed by atoms with Gasteiger partial charge < -0.3 is 5.32 Å². The Bertz CT molecular complexity index is 371. The van der Waals surface area contributed by atoms with E-state index in [4.69, 9.17) is 0 Å². The van der Waals surface area contributed by atoms with Gasteiger partial charge in [-0.25, -0.2) is 18.5 Å². The van der Waals surface area contributed by atoms with E-state index in [0.29, 0.717) is 12.4 Å². The van der Waals surface area contributed by atoms with Gasteiger partial charge in [-0.15, -0.1) is 0 Å². The molecule has 0 amide bonds. The highest BCUT2D eigenvalue weighted by Crippen LogP contribution is 2.14. The molecule has 7 heteroatoms. The van der Waals surface area contributed by atoms with E-state index in [1.165, 1.54) is 6.33 Å². The maximum atomic E-state index is 11.1. The van der Waals surface area contributed by atoms with Crippen LogP contribution in [0.25, 0.3) is 0 Å². The van der Waals surface area contributed by atoms with Crippen LogP contribution in [-0.4, -0.2) is 41.1 Å². The number of rotatable bonds is 2. The summed E-state index contributed by atoms with van der Waals surface area (Å²) < 4.78 is 22.2. The zero-order valence-corrected chi connectivity index (χ0v) is 7.71. The molecule has 0 radical (unpaired) electrons. The van der Waals surface area contributed by atoms with Gasteiger partial charge in [-0.3, -0.25) is 0 Å². The fraction of sp³-hybridized carbons (Fsp3) is 0.667. The van der Waals surface area contributed by atoms with E-state index < -0.39 is 9.84 Å². The van der Waals surface area contributed by atoms with Crippen LogP contribution < -0.4 is 5.32 Å². The van der Waals surface area contributed by atoms with Gasteiger partial charge in [0.1, 0.15) is 6.33 Å². The van der Waals surface area contributed by atoms with Crippen molar-refractivity contribution < 1.29 is 8.42 Å². The molecule has 0 aliphatic carbocycles. The molecule has 6 nitrogen and oxygen atoms in total. The Labute approximate surface area is 75.7 Å². The monoisotopic (exact) mass is 202 g/mol. The third-order valence-corrected chi connectivity index (χ3v) is 3.76. The topological polar surface area (TPSA) is 87.7 Å². The average Bonchev–Trinajstić information content (AvgIpc) is 2.61. The maximum absolute atomic E-state index is 11.1. The molecule has 1 unspecified atom stereocenters. The van der Waals surface area contributed by atoms with Crippen molar-refractivity contribution in [1.82, 2.24) is 15.2 Å². The maximum Gasteiger partial charge on any atom is 0.218 e. The van der Waals surface area contributed by atoms with Crippen LogP contribution in [0.1, 0.15) is 6.42 Å². The molecule has 1 aromatic rings. The summed E-state index contributed by atoms with van der Waals surface area (Å²) in [7, 11) is -2.82. The Balaban J connectivity index is 1.99. The van der Waals surface area contributed by atoms with E-state index >= 15 is 0 Å². The molecular weight excluding hydrogens is 192 g/mol. The second kappa shape index (κ2) is 2.99. The summed E-state index contributed by atoms with van der Waals surface area (Å²) in [6, 6.07) is -0.0297. The van der Waals surface area contributed by atoms with Crippen molar-refractivity contribution in [1.29, 1.82) is 0 Å². The zero-order chi connectivity index (χ0) is 9.31. The second-order valence-electron chi connectivity index (χ2n) is 3.08. The average molecular weight is 202 g/mol. The van der Waals surface area contributed by atoms with E-state index in [-0.39, 0.29) is 17.5 Å². The number of H-pyrrole nitrogens is 1. The second-order valence-corrected chi connectivity index (χ2v) is 5.31. The lowest BCUT2D eigenvalue weighted by Crippen LogP contribution is -2.21. The van der Waals surface area contributed by atoms with Gasteiger partial charge in [-0.1, -0.05) is 0 Å². The molecule has 0 aromatic carbocycles. The van der Waals surface area contributed by atoms with Gasteiger partial charge in [-0.2, -0.15) is 5.10 Å². The van der Waals surface area contributed by atoms with Gasteiger partial charge in [0.25, 0.3) is 0 Å². The van der Waals surface area contributed by atoms with Gasteiger partial charge in [0.05, 0.1) is 11.5 Å². The molecular formula is C6H10N4O2S. The van der Waals surface area contributed by atoms with E-state index in [1.54, 1.807) is 0 Å². The number of aromatic amines is 1. The SMILES string of the molecule is O=S1(=O)CCC(Nc2ncn[nH]2)C1. The Morgan fingerprint density at radius 1 is 1.62 bits per heavy atom. The minimum Gasteiger partial charge on any atom is -0.351 e. The van der Waals surface area contributed by atoms with Crippen LogP contribution in [0.5, 0.6) is 0 Å². The Hall–Kier alpha value is -1.11. The van der Waals surface area contributed by atoms with Crippen molar-refractivity contribution in [3.8, 4) is 0 Å². The summed E-state index contributed by atoms with van der Waals surface area (Å²) in [5.41, 5.74) is 0. The number of hydrogen-bond acceptors (Lipinski definition) is 5. The number of anilines is 1. The van der Waals surface area contributed by atoms with Crippen LogP contribution >= 0.6 is 0 Å². The normalized spacial score (nSPS) is 26.0. The number of nitrogens with one attached hydrogen (secondary N) is 2. The first-order valence-electron chi connectivity index (χ1n) is 3.98.